The summed E-state index contributed by atoms with van der Waals surface area (Å²) in [7, 11) is 0. The second kappa shape index (κ2) is 5.25. The SMILES string of the molecule is Cc1cnnc(NCC2CCCC2CN)c1. The number of aryl methyl sites for hydroxylation is 1. The lowest BCUT2D eigenvalue weighted by Crippen LogP contribution is -2.24. The molecule has 0 saturated heterocycles. The van der Waals surface area contributed by atoms with Crippen LogP contribution < -0.4 is 11.1 Å². The van der Waals surface area contributed by atoms with Crippen LogP contribution in [0.1, 0.15) is 24.8 Å². The van der Waals surface area contributed by atoms with Crippen molar-refractivity contribution >= 4 is 5.82 Å². The molecule has 1 saturated carbocycles. The van der Waals surface area contributed by atoms with Gasteiger partial charge < -0.3 is 11.1 Å². The zero-order chi connectivity index (χ0) is 11.4. The Labute approximate surface area is 96.6 Å². The van der Waals surface area contributed by atoms with Crippen molar-refractivity contribution in [2.24, 2.45) is 17.6 Å². The van der Waals surface area contributed by atoms with Gasteiger partial charge in [-0.25, -0.2) is 0 Å². The number of hydrogen-bond acceptors (Lipinski definition) is 4. The lowest BCUT2D eigenvalue weighted by atomic mass is 9.96. The minimum atomic E-state index is 0.685. The lowest BCUT2D eigenvalue weighted by molar-refractivity contribution is 0.414. The molecule has 4 nitrogen and oxygen atoms in total. The quantitative estimate of drug-likeness (QED) is 0.808. The van der Waals surface area contributed by atoms with E-state index in [4.69, 9.17) is 5.73 Å². The van der Waals surface area contributed by atoms with Crippen LogP contribution in [0.3, 0.4) is 0 Å². The van der Waals surface area contributed by atoms with Crippen LogP contribution in [0.25, 0.3) is 0 Å². The number of nitrogens with zero attached hydrogens (tertiary/aromatic N) is 2. The van der Waals surface area contributed by atoms with E-state index in [1.165, 1.54) is 19.3 Å². The first-order valence-corrected chi connectivity index (χ1v) is 6.03. The first kappa shape index (κ1) is 11.3. The molecule has 3 N–H and O–H groups in total. The van der Waals surface area contributed by atoms with Crippen LogP contribution in [0.2, 0.25) is 0 Å². The van der Waals surface area contributed by atoms with Gasteiger partial charge in [0, 0.05) is 6.54 Å². The number of nitrogens with two attached hydrogens (primary N) is 1. The summed E-state index contributed by atoms with van der Waals surface area (Å²) in [4.78, 5) is 0. The molecule has 0 aromatic carbocycles. The van der Waals surface area contributed by atoms with E-state index in [2.05, 4.69) is 15.5 Å². The summed E-state index contributed by atoms with van der Waals surface area (Å²) in [5.41, 5.74) is 6.90. The van der Waals surface area contributed by atoms with E-state index < -0.39 is 0 Å². The van der Waals surface area contributed by atoms with Gasteiger partial charge in [0.05, 0.1) is 6.20 Å². The molecular weight excluding hydrogens is 200 g/mol. The van der Waals surface area contributed by atoms with Crippen LogP contribution in [-0.2, 0) is 0 Å². The molecule has 0 spiro atoms. The zero-order valence-electron chi connectivity index (χ0n) is 9.82. The molecule has 1 aromatic rings. The second-order valence-corrected chi connectivity index (χ2v) is 4.69. The smallest absolute Gasteiger partial charge is 0.148 e. The molecule has 88 valence electrons. The van der Waals surface area contributed by atoms with Crippen molar-refractivity contribution in [3.63, 3.8) is 0 Å². The van der Waals surface area contributed by atoms with Crippen LogP contribution >= 0.6 is 0 Å². The molecule has 1 aliphatic rings. The Balaban J connectivity index is 1.87. The fraction of sp³-hybridized carbons (Fsp3) is 0.667. The van der Waals surface area contributed by atoms with Gasteiger partial charge >= 0.3 is 0 Å². The van der Waals surface area contributed by atoms with E-state index in [1.807, 2.05) is 13.0 Å². The van der Waals surface area contributed by atoms with Gasteiger partial charge in [0.2, 0.25) is 0 Å². The van der Waals surface area contributed by atoms with Gasteiger partial charge in [-0.2, -0.15) is 5.10 Å². The Morgan fingerprint density at radius 3 is 3.00 bits per heavy atom. The molecule has 2 atom stereocenters. The third-order valence-corrected chi connectivity index (χ3v) is 3.46. The molecule has 16 heavy (non-hydrogen) atoms. The van der Waals surface area contributed by atoms with Crippen molar-refractivity contribution in [3.8, 4) is 0 Å². The summed E-state index contributed by atoms with van der Waals surface area (Å²) in [6, 6.07) is 2.03. The Morgan fingerprint density at radius 2 is 2.25 bits per heavy atom. The monoisotopic (exact) mass is 220 g/mol. The highest BCUT2D eigenvalue weighted by Crippen LogP contribution is 2.30. The Kier molecular flexibility index (Phi) is 3.72. The molecule has 2 rings (SSSR count). The second-order valence-electron chi connectivity index (χ2n) is 4.69. The molecule has 0 amide bonds. The van der Waals surface area contributed by atoms with E-state index in [9.17, 15) is 0 Å². The largest absolute Gasteiger partial charge is 0.368 e. The normalized spacial score (nSPS) is 24.6. The zero-order valence-corrected chi connectivity index (χ0v) is 9.82. The van der Waals surface area contributed by atoms with Crippen molar-refractivity contribution < 1.29 is 0 Å². The van der Waals surface area contributed by atoms with Crippen molar-refractivity contribution in [2.75, 3.05) is 18.4 Å². The number of rotatable bonds is 4. The third-order valence-electron chi connectivity index (χ3n) is 3.46. The Bertz CT molecular complexity index is 340. The van der Waals surface area contributed by atoms with Crippen molar-refractivity contribution in [3.05, 3.63) is 17.8 Å². The van der Waals surface area contributed by atoms with Crippen LogP contribution in [0.5, 0.6) is 0 Å². The Morgan fingerprint density at radius 1 is 1.44 bits per heavy atom. The summed E-state index contributed by atoms with van der Waals surface area (Å²) in [6.45, 7) is 3.81. The van der Waals surface area contributed by atoms with Gasteiger partial charge in [-0.3, -0.25) is 0 Å². The average Bonchev–Trinajstić information content (AvgIpc) is 2.74. The average molecular weight is 220 g/mol. The minimum absolute atomic E-state index is 0.685. The standard InChI is InChI=1S/C12H20N4/c1-9-5-12(16-15-7-9)14-8-11-4-2-3-10(11)6-13/h5,7,10-11H,2-4,6,8,13H2,1H3,(H,14,16). The molecule has 0 radical (unpaired) electrons. The number of hydrogen-bond donors (Lipinski definition) is 2. The number of anilines is 1. The van der Waals surface area contributed by atoms with Gasteiger partial charge in [0.1, 0.15) is 5.82 Å². The summed E-state index contributed by atoms with van der Waals surface area (Å²) in [5, 5.41) is 11.4. The van der Waals surface area contributed by atoms with Crippen LogP contribution in [0, 0.1) is 18.8 Å². The predicted octanol–water partition coefficient (Wildman–Crippen LogP) is 1.57. The maximum absolute atomic E-state index is 5.76. The molecule has 2 unspecified atom stereocenters. The highest BCUT2D eigenvalue weighted by molar-refractivity contribution is 5.35. The lowest BCUT2D eigenvalue weighted by Gasteiger charge is -2.18. The number of aromatic nitrogens is 2. The fourth-order valence-corrected chi connectivity index (χ4v) is 2.48. The van der Waals surface area contributed by atoms with Crippen LogP contribution in [-0.4, -0.2) is 23.3 Å². The maximum Gasteiger partial charge on any atom is 0.148 e. The van der Waals surface area contributed by atoms with Gasteiger partial charge in [0.15, 0.2) is 0 Å². The molecule has 1 aromatic heterocycles. The molecular formula is C12H20N4. The summed E-state index contributed by atoms with van der Waals surface area (Å²) < 4.78 is 0. The van der Waals surface area contributed by atoms with Crippen molar-refractivity contribution in [1.82, 2.24) is 10.2 Å². The Hall–Kier alpha value is -1.16. The van der Waals surface area contributed by atoms with Gasteiger partial charge in [-0.05, 0) is 49.8 Å². The summed E-state index contributed by atoms with van der Waals surface area (Å²) >= 11 is 0. The summed E-state index contributed by atoms with van der Waals surface area (Å²) in [5.74, 6) is 2.26. The van der Waals surface area contributed by atoms with Crippen molar-refractivity contribution in [1.29, 1.82) is 0 Å². The van der Waals surface area contributed by atoms with E-state index in [0.717, 1.165) is 24.5 Å². The molecule has 1 aliphatic carbocycles. The first-order chi connectivity index (χ1) is 7.79. The summed E-state index contributed by atoms with van der Waals surface area (Å²) in [6.07, 6.45) is 5.65. The van der Waals surface area contributed by atoms with Gasteiger partial charge in [-0.15, -0.1) is 5.10 Å². The molecule has 0 bridgehead atoms. The molecule has 4 heteroatoms. The highest BCUT2D eigenvalue weighted by atomic mass is 15.2. The minimum Gasteiger partial charge on any atom is -0.368 e. The van der Waals surface area contributed by atoms with E-state index >= 15 is 0 Å². The van der Waals surface area contributed by atoms with Crippen LogP contribution in [0.4, 0.5) is 5.82 Å². The fourth-order valence-electron chi connectivity index (χ4n) is 2.48. The highest BCUT2D eigenvalue weighted by Gasteiger charge is 2.25. The molecule has 0 aliphatic heterocycles. The van der Waals surface area contributed by atoms with Gasteiger partial charge in [-0.1, -0.05) is 6.42 Å². The molecule has 1 fully saturated rings. The van der Waals surface area contributed by atoms with E-state index in [1.54, 1.807) is 6.20 Å². The van der Waals surface area contributed by atoms with Crippen molar-refractivity contribution in [2.45, 2.75) is 26.2 Å². The van der Waals surface area contributed by atoms with E-state index in [-0.39, 0.29) is 0 Å². The van der Waals surface area contributed by atoms with E-state index in [0.29, 0.717) is 11.8 Å². The third kappa shape index (κ3) is 2.70. The topological polar surface area (TPSA) is 63.8 Å². The molecule has 1 heterocycles. The van der Waals surface area contributed by atoms with Gasteiger partial charge in [0.25, 0.3) is 0 Å². The number of nitrogens with one attached hydrogen (secondary N) is 1. The predicted molar refractivity (Wildman–Crippen MR) is 65.1 cm³/mol. The van der Waals surface area contributed by atoms with Crippen LogP contribution in [0.15, 0.2) is 12.3 Å². The first-order valence-electron chi connectivity index (χ1n) is 6.03. The maximum atomic E-state index is 5.76.